The van der Waals surface area contributed by atoms with Crippen LogP contribution in [0.4, 0.5) is 0 Å². The Morgan fingerprint density at radius 3 is 1.44 bits per heavy atom. The summed E-state index contributed by atoms with van der Waals surface area (Å²) in [5.74, 6) is 1.16. The van der Waals surface area contributed by atoms with E-state index < -0.39 is 12.6 Å². The molecule has 6 heteroatoms. The lowest BCUT2D eigenvalue weighted by atomic mass is 9.84. The highest BCUT2D eigenvalue weighted by atomic mass is 16.7. The van der Waals surface area contributed by atoms with Crippen LogP contribution in [-0.2, 0) is 22.3 Å². The fraction of sp³-hybridized carbons (Fsp3) is 0.286. The molecule has 2 aliphatic rings. The third-order valence-corrected chi connectivity index (χ3v) is 6.68. The SMILES string of the molecule is CCOC1Cc2c(c(O)c3ccccc3c2-c2c3c(c(O)c4ccccc24)OC(OCC)C3)O1. The molecular weight excluding hydrogens is 432 g/mol. The topological polar surface area (TPSA) is 77.4 Å². The first kappa shape index (κ1) is 21.1. The molecule has 0 radical (unpaired) electrons. The van der Waals surface area contributed by atoms with E-state index in [1.165, 1.54) is 0 Å². The predicted octanol–water partition coefficient (Wildman–Crippen LogP) is 5.67. The van der Waals surface area contributed by atoms with Gasteiger partial charge in [-0.05, 0) is 35.7 Å². The number of phenolic OH excluding ortho intramolecular Hbond substituents is 2. The van der Waals surface area contributed by atoms with E-state index >= 15 is 0 Å². The zero-order chi connectivity index (χ0) is 23.4. The minimum atomic E-state index is -0.467. The average molecular weight is 459 g/mol. The number of benzene rings is 4. The molecule has 2 atom stereocenters. The Morgan fingerprint density at radius 1 is 0.676 bits per heavy atom. The minimum Gasteiger partial charge on any atom is -0.504 e. The molecule has 34 heavy (non-hydrogen) atoms. The van der Waals surface area contributed by atoms with Crippen LogP contribution in [0.1, 0.15) is 25.0 Å². The van der Waals surface area contributed by atoms with Gasteiger partial charge in [0.1, 0.15) is 0 Å². The fourth-order valence-electron chi connectivity index (χ4n) is 5.35. The molecule has 6 nitrogen and oxygen atoms in total. The van der Waals surface area contributed by atoms with Gasteiger partial charge >= 0.3 is 0 Å². The molecule has 0 saturated carbocycles. The monoisotopic (exact) mass is 458 g/mol. The maximum absolute atomic E-state index is 11.1. The van der Waals surface area contributed by atoms with Gasteiger partial charge in [-0.2, -0.15) is 0 Å². The van der Waals surface area contributed by atoms with E-state index in [1.54, 1.807) is 0 Å². The van der Waals surface area contributed by atoms with Crippen LogP contribution in [0.25, 0.3) is 32.7 Å². The Morgan fingerprint density at radius 2 is 1.06 bits per heavy atom. The van der Waals surface area contributed by atoms with Crippen molar-refractivity contribution in [2.45, 2.75) is 39.3 Å². The molecule has 4 aromatic carbocycles. The van der Waals surface area contributed by atoms with Crippen molar-refractivity contribution in [3.63, 3.8) is 0 Å². The first-order valence-corrected chi connectivity index (χ1v) is 11.7. The first-order chi connectivity index (χ1) is 16.6. The van der Waals surface area contributed by atoms with E-state index in [9.17, 15) is 10.2 Å². The molecule has 6 rings (SSSR count). The van der Waals surface area contributed by atoms with Crippen LogP contribution >= 0.6 is 0 Å². The van der Waals surface area contributed by atoms with E-state index in [-0.39, 0.29) is 11.5 Å². The third-order valence-electron chi connectivity index (χ3n) is 6.68. The Labute approximate surface area is 197 Å². The van der Waals surface area contributed by atoms with Gasteiger partial charge in [0.2, 0.25) is 12.6 Å². The Hall–Kier alpha value is -3.48. The van der Waals surface area contributed by atoms with Gasteiger partial charge in [-0.25, -0.2) is 0 Å². The summed E-state index contributed by atoms with van der Waals surface area (Å²) in [5.41, 5.74) is 3.73. The van der Waals surface area contributed by atoms with Crippen molar-refractivity contribution in [1.29, 1.82) is 0 Å². The van der Waals surface area contributed by atoms with Gasteiger partial charge in [0, 0.05) is 48.0 Å². The maximum Gasteiger partial charge on any atom is 0.204 e. The summed E-state index contributed by atoms with van der Waals surface area (Å²) < 4.78 is 23.7. The number of hydrogen-bond acceptors (Lipinski definition) is 6. The zero-order valence-electron chi connectivity index (χ0n) is 19.1. The zero-order valence-corrected chi connectivity index (χ0v) is 19.1. The molecule has 0 saturated heterocycles. The minimum absolute atomic E-state index is 0.125. The van der Waals surface area contributed by atoms with Crippen LogP contribution in [0, 0.1) is 0 Å². The van der Waals surface area contributed by atoms with E-state index in [2.05, 4.69) is 0 Å². The number of ether oxygens (including phenoxy) is 4. The first-order valence-electron chi connectivity index (χ1n) is 11.7. The van der Waals surface area contributed by atoms with Crippen LogP contribution in [-0.4, -0.2) is 36.0 Å². The fourth-order valence-corrected chi connectivity index (χ4v) is 5.35. The van der Waals surface area contributed by atoms with Crippen LogP contribution in [0.3, 0.4) is 0 Å². The summed E-state index contributed by atoms with van der Waals surface area (Å²) in [7, 11) is 0. The van der Waals surface area contributed by atoms with Crippen molar-refractivity contribution < 1.29 is 29.2 Å². The van der Waals surface area contributed by atoms with E-state index in [1.807, 2.05) is 62.4 Å². The molecule has 2 heterocycles. The van der Waals surface area contributed by atoms with Gasteiger partial charge in [-0.3, -0.25) is 0 Å². The van der Waals surface area contributed by atoms with Crippen molar-refractivity contribution in [2.75, 3.05) is 13.2 Å². The number of aromatic hydroxyl groups is 2. The third kappa shape index (κ3) is 3.02. The second-order valence-corrected chi connectivity index (χ2v) is 8.57. The summed E-state index contributed by atoms with van der Waals surface area (Å²) in [5, 5.41) is 25.5. The summed E-state index contributed by atoms with van der Waals surface area (Å²) in [6.45, 7) is 4.87. The van der Waals surface area contributed by atoms with Crippen molar-refractivity contribution in [2.24, 2.45) is 0 Å². The molecule has 0 spiro atoms. The molecular formula is C28H26O6. The van der Waals surface area contributed by atoms with Gasteiger partial charge in [-0.15, -0.1) is 0 Å². The van der Waals surface area contributed by atoms with E-state index in [0.717, 1.165) is 33.0 Å². The van der Waals surface area contributed by atoms with Crippen LogP contribution in [0.2, 0.25) is 0 Å². The lowest BCUT2D eigenvalue weighted by molar-refractivity contribution is -0.0612. The highest BCUT2D eigenvalue weighted by molar-refractivity contribution is 6.13. The largest absolute Gasteiger partial charge is 0.504 e. The summed E-state index contributed by atoms with van der Waals surface area (Å²) in [6, 6.07) is 15.6. The molecule has 0 aromatic heterocycles. The molecule has 4 aromatic rings. The van der Waals surface area contributed by atoms with Crippen molar-refractivity contribution in [3.8, 4) is 34.1 Å². The lowest BCUT2D eigenvalue weighted by Gasteiger charge is -2.19. The molecule has 2 N–H and O–H groups in total. The number of hydrogen-bond donors (Lipinski definition) is 2. The molecule has 0 fully saturated rings. The molecule has 2 unspecified atom stereocenters. The maximum atomic E-state index is 11.1. The molecule has 174 valence electrons. The molecule has 0 bridgehead atoms. The summed E-state index contributed by atoms with van der Waals surface area (Å²) >= 11 is 0. The van der Waals surface area contributed by atoms with Crippen LogP contribution in [0.15, 0.2) is 48.5 Å². The van der Waals surface area contributed by atoms with Gasteiger partial charge in [0.05, 0.1) is 0 Å². The Kier molecular flexibility index (Phi) is 5.01. The average Bonchev–Trinajstić information content (AvgIpc) is 3.46. The van der Waals surface area contributed by atoms with Gasteiger partial charge in [0.15, 0.2) is 23.0 Å². The summed E-state index contributed by atoms with van der Waals surface area (Å²) in [6.07, 6.45) is 0.0865. The van der Waals surface area contributed by atoms with E-state index in [0.29, 0.717) is 48.3 Å². The second-order valence-electron chi connectivity index (χ2n) is 8.57. The number of phenols is 2. The van der Waals surface area contributed by atoms with Gasteiger partial charge in [0.25, 0.3) is 0 Å². The highest BCUT2D eigenvalue weighted by Gasteiger charge is 2.36. The Bertz CT molecular complexity index is 1320. The highest BCUT2D eigenvalue weighted by Crippen LogP contribution is 2.55. The standard InChI is InChI=1S/C28H26O6/c1-3-31-21-13-19-23(15-9-5-7-11-17(15)25(29)27(19)33-21)24-16-10-6-8-12-18(16)26(30)28-20(24)14-22(34-28)32-4-2/h5-12,21-22,29-30H,3-4,13-14H2,1-2H3. The van der Waals surface area contributed by atoms with E-state index in [4.69, 9.17) is 18.9 Å². The van der Waals surface area contributed by atoms with Crippen molar-refractivity contribution >= 4 is 21.5 Å². The number of fused-ring (bicyclic) bond motifs is 4. The lowest BCUT2D eigenvalue weighted by Crippen LogP contribution is -2.17. The molecule has 0 amide bonds. The van der Waals surface area contributed by atoms with Crippen molar-refractivity contribution in [3.05, 3.63) is 59.7 Å². The van der Waals surface area contributed by atoms with Gasteiger partial charge < -0.3 is 29.2 Å². The van der Waals surface area contributed by atoms with Crippen LogP contribution < -0.4 is 9.47 Å². The Balaban J connectivity index is 1.72. The summed E-state index contributed by atoms with van der Waals surface area (Å²) in [4.78, 5) is 0. The van der Waals surface area contributed by atoms with Crippen molar-refractivity contribution in [1.82, 2.24) is 0 Å². The second kappa shape index (κ2) is 8.08. The molecule has 0 aliphatic carbocycles. The molecule has 2 aliphatic heterocycles. The quantitative estimate of drug-likeness (QED) is 0.402. The number of rotatable bonds is 5. The predicted molar refractivity (Wildman–Crippen MR) is 130 cm³/mol. The van der Waals surface area contributed by atoms with Crippen LogP contribution in [0.5, 0.6) is 23.0 Å². The smallest absolute Gasteiger partial charge is 0.204 e. The van der Waals surface area contributed by atoms with Gasteiger partial charge in [-0.1, -0.05) is 48.5 Å². The normalized spacial score (nSPS) is 18.6.